The first-order valence-corrected chi connectivity index (χ1v) is 12.3. The van der Waals surface area contributed by atoms with E-state index in [1.165, 1.54) is 5.56 Å². The van der Waals surface area contributed by atoms with E-state index in [-0.39, 0.29) is 11.7 Å². The lowest BCUT2D eigenvalue weighted by Gasteiger charge is -2.15. The minimum atomic E-state index is -0.187. The Morgan fingerprint density at radius 2 is 1.82 bits per heavy atom. The van der Waals surface area contributed by atoms with Gasteiger partial charge >= 0.3 is 0 Å². The van der Waals surface area contributed by atoms with Gasteiger partial charge in [-0.05, 0) is 63.4 Å². The number of hydrogen-bond acceptors (Lipinski definition) is 8. The molecule has 0 atom stereocenters. The SMILES string of the molecule is CNC(=O)c1ccc(-n2c(-c3nonc3N)nc3cnccc32)cc1-c1ccc(NCc2ccccc2)cc1. The van der Waals surface area contributed by atoms with Gasteiger partial charge in [-0.25, -0.2) is 9.61 Å². The summed E-state index contributed by atoms with van der Waals surface area (Å²) in [5.41, 5.74) is 12.9. The lowest BCUT2D eigenvalue weighted by atomic mass is 9.97. The quantitative estimate of drug-likeness (QED) is 0.278. The second-order valence-electron chi connectivity index (χ2n) is 8.86. The number of pyridine rings is 1. The molecule has 0 saturated carbocycles. The molecular formula is C29H24N8O2. The van der Waals surface area contributed by atoms with E-state index in [9.17, 15) is 4.79 Å². The van der Waals surface area contributed by atoms with Gasteiger partial charge in [-0.3, -0.25) is 14.3 Å². The molecular weight excluding hydrogens is 492 g/mol. The summed E-state index contributed by atoms with van der Waals surface area (Å²) in [6, 6.07) is 25.7. The summed E-state index contributed by atoms with van der Waals surface area (Å²) in [6.45, 7) is 0.713. The third-order valence-corrected chi connectivity index (χ3v) is 6.45. The highest BCUT2D eigenvalue weighted by molar-refractivity contribution is 6.01. The summed E-state index contributed by atoms with van der Waals surface area (Å²) in [6.07, 6.45) is 3.36. The van der Waals surface area contributed by atoms with Gasteiger partial charge in [0.05, 0.1) is 11.7 Å². The van der Waals surface area contributed by atoms with Crippen molar-refractivity contribution in [1.29, 1.82) is 0 Å². The highest BCUT2D eigenvalue weighted by Crippen LogP contribution is 2.33. The zero-order chi connectivity index (χ0) is 26.8. The number of imidazole rings is 1. The number of anilines is 2. The molecule has 3 aromatic carbocycles. The Kier molecular flexibility index (Phi) is 6.18. The lowest BCUT2D eigenvalue weighted by molar-refractivity contribution is 0.0963. The number of hydrogen-bond donors (Lipinski definition) is 3. The second-order valence-corrected chi connectivity index (χ2v) is 8.86. The van der Waals surface area contributed by atoms with E-state index in [4.69, 9.17) is 15.3 Å². The summed E-state index contributed by atoms with van der Waals surface area (Å²) in [7, 11) is 1.62. The van der Waals surface area contributed by atoms with Gasteiger partial charge in [-0.1, -0.05) is 42.5 Å². The van der Waals surface area contributed by atoms with Crippen LogP contribution in [0.2, 0.25) is 0 Å². The maximum Gasteiger partial charge on any atom is 0.251 e. The van der Waals surface area contributed by atoms with Crippen LogP contribution in [-0.2, 0) is 6.54 Å². The average Bonchev–Trinajstić information content (AvgIpc) is 3.59. The first-order valence-electron chi connectivity index (χ1n) is 12.3. The van der Waals surface area contributed by atoms with Crippen molar-refractivity contribution >= 4 is 28.4 Å². The predicted octanol–water partition coefficient (Wildman–Crippen LogP) is 4.69. The molecule has 39 heavy (non-hydrogen) atoms. The normalized spacial score (nSPS) is 11.0. The fraction of sp³-hybridized carbons (Fsp3) is 0.0690. The molecule has 4 N–H and O–H groups in total. The molecule has 10 nitrogen and oxygen atoms in total. The number of nitrogens with zero attached hydrogens (tertiary/aromatic N) is 5. The third-order valence-electron chi connectivity index (χ3n) is 6.45. The monoisotopic (exact) mass is 516 g/mol. The van der Waals surface area contributed by atoms with Gasteiger partial charge in [-0.15, -0.1) is 0 Å². The van der Waals surface area contributed by atoms with Crippen LogP contribution in [0.15, 0.2) is 95.9 Å². The molecule has 0 radical (unpaired) electrons. The zero-order valence-corrected chi connectivity index (χ0v) is 21.0. The average molecular weight is 517 g/mol. The van der Waals surface area contributed by atoms with E-state index in [0.717, 1.165) is 28.0 Å². The molecule has 10 heteroatoms. The standard InChI is InChI=1S/C29H24N8O2/c1-31-29(38)22-12-11-21(37-25-13-14-32-17-24(25)34-28(37)26-27(30)36-39-35-26)15-23(22)19-7-9-20(10-8-19)33-16-18-5-3-2-4-6-18/h2-15,17,33H,16H2,1H3,(H2,30,36)(H,31,38). The van der Waals surface area contributed by atoms with Gasteiger partial charge in [0.15, 0.2) is 17.3 Å². The van der Waals surface area contributed by atoms with Gasteiger partial charge in [0.25, 0.3) is 5.91 Å². The number of aromatic nitrogens is 5. The Morgan fingerprint density at radius 1 is 1.00 bits per heavy atom. The molecule has 0 aliphatic heterocycles. The molecule has 0 fully saturated rings. The van der Waals surface area contributed by atoms with Crippen molar-refractivity contribution in [3.8, 4) is 28.3 Å². The highest BCUT2D eigenvalue weighted by Gasteiger charge is 2.22. The number of nitrogens with one attached hydrogen (secondary N) is 2. The molecule has 3 heterocycles. The molecule has 0 aliphatic rings. The van der Waals surface area contributed by atoms with Gasteiger partial charge in [0.1, 0.15) is 5.52 Å². The van der Waals surface area contributed by atoms with Gasteiger partial charge < -0.3 is 16.4 Å². The number of nitrogens with two attached hydrogens (primary N) is 1. The molecule has 6 aromatic rings. The molecule has 1 amide bonds. The van der Waals surface area contributed by atoms with E-state index < -0.39 is 0 Å². The van der Waals surface area contributed by atoms with Crippen LogP contribution in [0.1, 0.15) is 15.9 Å². The van der Waals surface area contributed by atoms with Crippen molar-refractivity contribution in [2.24, 2.45) is 0 Å². The maximum absolute atomic E-state index is 12.8. The van der Waals surface area contributed by atoms with Crippen LogP contribution in [0, 0.1) is 0 Å². The summed E-state index contributed by atoms with van der Waals surface area (Å²) >= 11 is 0. The molecule has 0 unspecified atom stereocenters. The number of carbonyl (C=O) groups is 1. The van der Waals surface area contributed by atoms with Crippen LogP contribution >= 0.6 is 0 Å². The molecule has 3 aromatic heterocycles. The summed E-state index contributed by atoms with van der Waals surface area (Å²) in [5.74, 6) is 0.392. The first kappa shape index (κ1) is 23.9. The smallest absolute Gasteiger partial charge is 0.251 e. The van der Waals surface area contributed by atoms with Crippen LogP contribution < -0.4 is 16.4 Å². The van der Waals surface area contributed by atoms with E-state index >= 15 is 0 Å². The molecule has 0 saturated heterocycles. The van der Waals surface area contributed by atoms with Gasteiger partial charge in [-0.2, -0.15) is 0 Å². The number of rotatable bonds is 7. The van der Waals surface area contributed by atoms with Crippen LogP contribution in [0.5, 0.6) is 0 Å². The van der Waals surface area contributed by atoms with Gasteiger partial charge in [0.2, 0.25) is 0 Å². The Morgan fingerprint density at radius 3 is 2.56 bits per heavy atom. The Bertz CT molecular complexity index is 1780. The Balaban J connectivity index is 1.43. The van der Waals surface area contributed by atoms with E-state index in [2.05, 4.69) is 38.1 Å². The summed E-state index contributed by atoms with van der Waals surface area (Å²) in [5, 5.41) is 13.9. The Hall–Kier alpha value is -5.51. The lowest BCUT2D eigenvalue weighted by Crippen LogP contribution is -2.19. The summed E-state index contributed by atoms with van der Waals surface area (Å²) in [4.78, 5) is 21.7. The predicted molar refractivity (Wildman–Crippen MR) is 149 cm³/mol. The number of benzene rings is 3. The van der Waals surface area contributed by atoms with Crippen molar-refractivity contribution in [3.05, 3.63) is 102 Å². The number of fused-ring (bicyclic) bond motifs is 1. The zero-order valence-electron chi connectivity index (χ0n) is 21.0. The van der Waals surface area contributed by atoms with Crippen molar-refractivity contribution < 1.29 is 9.42 Å². The molecule has 0 bridgehead atoms. The highest BCUT2D eigenvalue weighted by atomic mass is 16.6. The first-order chi connectivity index (χ1) is 19.1. The number of nitrogen functional groups attached to an aromatic ring is 1. The van der Waals surface area contributed by atoms with Gasteiger partial charge in [0, 0.05) is 36.7 Å². The van der Waals surface area contributed by atoms with E-state index in [1.54, 1.807) is 25.5 Å². The largest absolute Gasteiger partial charge is 0.381 e. The number of amides is 1. The fourth-order valence-corrected chi connectivity index (χ4v) is 4.51. The van der Waals surface area contributed by atoms with Crippen molar-refractivity contribution in [2.45, 2.75) is 6.54 Å². The van der Waals surface area contributed by atoms with Crippen LogP contribution in [0.4, 0.5) is 11.5 Å². The third kappa shape index (κ3) is 4.55. The van der Waals surface area contributed by atoms with Crippen molar-refractivity contribution in [2.75, 3.05) is 18.1 Å². The molecule has 0 aliphatic carbocycles. The molecule has 192 valence electrons. The Labute approximate surface area is 223 Å². The van der Waals surface area contributed by atoms with Crippen molar-refractivity contribution in [3.63, 3.8) is 0 Å². The van der Waals surface area contributed by atoms with Crippen LogP contribution in [0.25, 0.3) is 39.4 Å². The second kappa shape index (κ2) is 10.1. The maximum atomic E-state index is 12.8. The topological polar surface area (TPSA) is 137 Å². The number of carbonyl (C=O) groups excluding carboxylic acids is 1. The minimum Gasteiger partial charge on any atom is -0.381 e. The van der Waals surface area contributed by atoms with Crippen LogP contribution in [-0.4, -0.2) is 37.8 Å². The van der Waals surface area contributed by atoms with E-state index in [0.29, 0.717) is 29.1 Å². The van der Waals surface area contributed by atoms with Crippen molar-refractivity contribution in [1.82, 2.24) is 30.2 Å². The molecule has 0 spiro atoms. The fourth-order valence-electron chi connectivity index (χ4n) is 4.51. The van der Waals surface area contributed by atoms with Crippen LogP contribution in [0.3, 0.4) is 0 Å². The van der Waals surface area contributed by atoms with E-state index in [1.807, 2.05) is 65.2 Å². The summed E-state index contributed by atoms with van der Waals surface area (Å²) < 4.78 is 6.75. The minimum absolute atomic E-state index is 0.125. The molecule has 6 rings (SSSR count).